The number of ether oxygens (including phenoxy) is 2. The number of fused-ring (bicyclic) bond motifs is 1. The third-order valence-electron chi connectivity index (χ3n) is 6.63. The van der Waals surface area contributed by atoms with E-state index < -0.39 is 0 Å². The second-order valence-electron chi connectivity index (χ2n) is 8.85. The summed E-state index contributed by atoms with van der Waals surface area (Å²) in [6.07, 6.45) is 2.12. The molecule has 0 saturated carbocycles. The van der Waals surface area contributed by atoms with Crippen LogP contribution < -0.4 is 9.47 Å². The van der Waals surface area contributed by atoms with Gasteiger partial charge in [-0.25, -0.2) is 0 Å². The first-order valence-corrected chi connectivity index (χ1v) is 11.4. The van der Waals surface area contributed by atoms with Gasteiger partial charge in [-0.1, -0.05) is 36.4 Å². The van der Waals surface area contributed by atoms with Gasteiger partial charge in [-0.05, 0) is 42.6 Å². The van der Waals surface area contributed by atoms with Crippen molar-refractivity contribution >= 4 is 5.91 Å². The highest BCUT2D eigenvalue weighted by Crippen LogP contribution is 2.33. The number of piperazine rings is 1. The first kappa shape index (κ1) is 20.3. The molecule has 0 spiro atoms. The third-order valence-corrected chi connectivity index (χ3v) is 6.63. The van der Waals surface area contributed by atoms with E-state index in [-0.39, 0.29) is 5.92 Å². The number of likely N-dealkylation sites (tertiary alicyclic amines) is 1. The van der Waals surface area contributed by atoms with E-state index in [0.29, 0.717) is 12.7 Å². The molecule has 6 heteroatoms. The summed E-state index contributed by atoms with van der Waals surface area (Å²) in [5.41, 5.74) is 2.56. The SMILES string of the molecule is O=C(C1CCCN(Cc2ccccc2)C1)N1CCN(Cc2ccc3c(c2)OCO3)CC1. The number of hydrogen-bond acceptors (Lipinski definition) is 5. The van der Waals surface area contributed by atoms with E-state index >= 15 is 0 Å². The fourth-order valence-corrected chi connectivity index (χ4v) is 4.92. The highest BCUT2D eigenvalue weighted by molar-refractivity contribution is 5.79. The van der Waals surface area contributed by atoms with E-state index in [2.05, 4.69) is 57.2 Å². The van der Waals surface area contributed by atoms with Crippen LogP contribution in [0.2, 0.25) is 0 Å². The molecule has 164 valence electrons. The van der Waals surface area contributed by atoms with Crippen LogP contribution in [-0.2, 0) is 17.9 Å². The average Bonchev–Trinajstić information content (AvgIpc) is 3.28. The Morgan fingerprint density at radius 1 is 0.839 bits per heavy atom. The number of piperidine rings is 1. The molecule has 3 aliphatic rings. The van der Waals surface area contributed by atoms with Crippen molar-refractivity contribution in [1.29, 1.82) is 0 Å². The van der Waals surface area contributed by atoms with Gasteiger partial charge >= 0.3 is 0 Å². The van der Waals surface area contributed by atoms with E-state index in [1.54, 1.807) is 0 Å². The fraction of sp³-hybridized carbons (Fsp3) is 0.480. The first-order valence-electron chi connectivity index (χ1n) is 11.4. The van der Waals surface area contributed by atoms with Crippen molar-refractivity contribution in [3.05, 3.63) is 59.7 Å². The maximum absolute atomic E-state index is 13.2. The summed E-state index contributed by atoms with van der Waals surface area (Å²) >= 11 is 0. The molecular weight excluding hydrogens is 390 g/mol. The van der Waals surface area contributed by atoms with Crippen molar-refractivity contribution in [3.8, 4) is 11.5 Å². The molecule has 5 rings (SSSR count). The lowest BCUT2D eigenvalue weighted by Gasteiger charge is -2.39. The molecule has 0 aromatic heterocycles. The number of rotatable bonds is 5. The Hall–Kier alpha value is -2.57. The van der Waals surface area contributed by atoms with Crippen molar-refractivity contribution in [1.82, 2.24) is 14.7 Å². The summed E-state index contributed by atoms with van der Waals surface area (Å²) in [6.45, 7) is 7.57. The monoisotopic (exact) mass is 421 g/mol. The number of benzene rings is 2. The fourth-order valence-electron chi connectivity index (χ4n) is 4.92. The number of amides is 1. The van der Waals surface area contributed by atoms with Gasteiger partial charge in [0.25, 0.3) is 0 Å². The van der Waals surface area contributed by atoms with Gasteiger partial charge in [-0.3, -0.25) is 14.6 Å². The van der Waals surface area contributed by atoms with Crippen LogP contribution in [0.1, 0.15) is 24.0 Å². The predicted octanol–water partition coefficient (Wildman–Crippen LogP) is 2.97. The lowest BCUT2D eigenvalue weighted by molar-refractivity contribution is -0.139. The van der Waals surface area contributed by atoms with Crippen LogP contribution >= 0.6 is 0 Å². The van der Waals surface area contributed by atoms with Crippen LogP contribution in [0.15, 0.2) is 48.5 Å². The van der Waals surface area contributed by atoms with Gasteiger partial charge in [0.2, 0.25) is 12.7 Å². The first-order chi connectivity index (χ1) is 15.2. The van der Waals surface area contributed by atoms with Crippen LogP contribution in [0, 0.1) is 5.92 Å². The average molecular weight is 422 g/mol. The standard InChI is InChI=1S/C25H31N3O3/c29-25(22-7-4-10-27(18-22)16-20-5-2-1-3-6-20)28-13-11-26(12-14-28)17-21-8-9-23-24(15-21)31-19-30-23/h1-3,5-6,8-9,15,22H,4,7,10-14,16-19H2. The lowest BCUT2D eigenvalue weighted by atomic mass is 9.95. The molecule has 2 saturated heterocycles. The second kappa shape index (κ2) is 9.28. The van der Waals surface area contributed by atoms with Crippen molar-refractivity contribution in [2.24, 2.45) is 5.92 Å². The molecule has 2 aromatic carbocycles. The molecule has 6 nitrogen and oxygen atoms in total. The largest absolute Gasteiger partial charge is 0.454 e. The third kappa shape index (κ3) is 4.86. The van der Waals surface area contributed by atoms with Gasteiger partial charge in [0, 0.05) is 45.8 Å². The summed E-state index contributed by atoms with van der Waals surface area (Å²) in [6, 6.07) is 16.7. The summed E-state index contributed by atoms with van der Waals surface area (Å²) in [4.78, 5) is 20.1. The Balaban J connectivity index is 1.11. The maximum atomic E-state index is 13.2. The Labute approximate surface area is 184 Å². The highest BCUT2D eigenvalue weighted by atomic mass is 16.7. The summed E-state index contributed by atoms with van der Waals surface area (Å²) < 4.78 is 10.9. The Morgan fingerprint density at radius 3 is 2.45 bits per heavy atom. The number of nitrogens with zero attached hydrogens (tertiary/aromatic N) is 3. The number of carbonyl (C=O) groups is 1. The van der Waals surface area contributed by atoms with Gasteiger partial charge in [-0.15, -0.1) is 0 Å². The quantitative estimate of drug-likeness (QED) is 0.743. The van der Waals surface area contributed by atoms with Gasteiger partial charge in [0.05, 0.1) is 5.92 Å². The molecule has 1 atom stereocenters. The topological polar surface area (TPSA) is 45.3 Å². The van der Waals surface area contributed by atoms with Crippen molar-refractivity contribution in [3.63, 3.8) is 0 Å². The Morgan fingerprint density at radius 2 is 1.61 bits per heavy atom. The van der Waals surface area contributed by atoms with Gasteiger partial charge < -0.3 is 14.4 Å². The van der Waals surface area contributed by atoms with Crippen molar-refractivity contribution in [2.45, 2.75) is 25.9 Å². The molecule has 1 amide bonds. The highest BCUT2D eigenvalue weighted by Gasteiger charge is 2.31. The van der Waals surface area contributed by atoms with Crippen LogP contribution in [0.4, 0.5) is 0 Å². The van der Waals surface area contributed by atoms with E-state index in [0.717, 1.165) is 76.7 Å². The van der Waals surface area contributed by atoms with Crippen molar-refractivity contribution < 1.29 is 14.3 Å². The molecule has 3 heterocycles. The van der Waals surface area contributed by atoms with Crippen LogP contribution in [-0.4, -0.2) is 66.7 Å². The molecule has 0 aliphatic carbocycles. The second-order valence-corrected chi connectivity index (χ2v) is 8.85. The smallest absolute Gasteiger partial charge is 0.231 e. The Kier molecular flexibility index (Phi) is 6.09. The molecule has 31 heavy (non-hydrogen) atoms. The minimum atomic E-state index is 0.137. The zero-order valence-corrected chi connectivity index (χ0v) is 18.0. The molecule has 0 N–H and O–H groups in total. The molecule has 1 unspecified atom stereocenters. The predicted molar refractivity (Wildman–Crippen MR) is 119 cm³/mol. The van der Waals surface area contributed by atoms with E-state index in [1.807, 2.05) is 6.07 Å². The van der Waals surface area contributed by atoms with Crippen LogP contribution in [0.3, 0.4) is 0 Å². The summed E-state index contributed by atoms with van der Waals surface area (Å²) in [5.74, 6) is 2.15. The number of carbonyl (C=O) groups excluding carboxylic acids is 1. The lowest BCUT2D eigenvalue weighted by Crippen LogP contribution is -2.52. The molecule has 2 fully saturated rings. The summed E-state index contributed by atoms with van der Waals surface area (Å²) in [5, 5.41) is 0. The van der Waals surface area contributed by atoms with Gasteiger partial charge in [0.15, 0.2) is 11.5 Å². The van der Waals surface area contributed by atoms with Gasteiger partial charge in [0.1, 0.15) is 0 Å². The maximum Gasteiger partial charge on any atom is 0.231 e. The minimum absolute atomic E-state index is 0.137. The molecule has 0 radical (unpaired) electrons. The van der Waals surface area contributed by atoms with Crippen LogP contribution in [0.5, 0.6) is 11.5 Å². The zero-order chi connectivity index (χ0) is 21.0. The van der Waals surface area contributed by atoms with E-state index in [9.17, 15) is 4.79 Å². The molecule has 2 aromatic rings. The normalized spacial score (nSPS) is 21.9. The van der Waals surface area contributed by atoms with Crippen LogP contribution in [0.25, 0.3) is 0 Å². The minimum Gasteiger partial charge on any atom is -0.454 e. The van der Waals surface area contributed by atoms with Gasteiger partial charge in [-0.2, -0.15) is 0 Å². The summed E-state index contributed by atoms with van der Waals surface area (Å²) in [7, 11) is 0. The zero-order valence-electron chi connectivity index (χ0n) is 18.0. The number of hydrogen-bond donors (Lipinski definition) is 0. The van der Waals surface area contributed by atoms with E-state index in [4.69, 9.17) is 9.47 Å². The molecule has 3 aliphatic heterocycles. The molecular formula is C25H31N3O3. The van der Waals surface area contributed by atoms with Crippen molar-refractivity contribution in [2.75, 3.05) is 46.1 Å². The Bertz CT molecular complexity index is 896. The molecule has 0 bridgehead atoms. The van der Waals surface area contributed by atoms with E-state index in [1.165, 1.54) is 11.1 Å².